The molecule has 5 rings (SSSR count). The fourth-order valence-electron chi connectivity index (χ4n) is 5.88. The second-order valence-corrected chi connectivity index (χ2v) is 12.8. The summed E-state index contributed by atoms with van der Waals surface area (Å²) >= 11 is 6.18. The average Bonchev–Trinajstić information content (AvgIpc) is 3.12. The number of carboxylic acids is 1. The van der Waals surface area contributed by atoms with E-state index in [0.29, 0.717) is 24.7 Å². The van der Waals surface area contributed by atoms with Gasteiger partial charge < -0.3 is 51.6 Å². The number of likely N-dealkylation sites (N-methyl/N-ethyl adjacent to an activating group) is 1. The highest BCUT2D eigenvalue weighted by Crippen LogP contribution is 2.41. The molecule has 0 saturated carbocycles. The standard InChI is InChI=1S/C33H33BClF2N7O10/c1-42(14-15-2-4-16(5-3-15)28(38)47)8-9-43-10-11-44(31(50)30(43)49)33(39)41-24(18-13-20(37)25(45)26(46)23(18)35)29(48)40-21-12-17-6-7-19(36)22(32(51)52)27(17)54-34(21)53/h2-7,13,21,24,45-46,53H,8-12,14H2,1H3,(H2,38,47)(H2,39,41)(H,40,48)(H,51,52)/t21-,24+/m0/s1. The van der Waals surface area contributed by atoms with Gasteiger partial charge in [-0.3, -0.25) is 24.1 Å². The molecule has 2 aliphatic rings. The number of carbonyl (C=O) groups is 5. The summed E-state index contributed by atoms with van der Waals surface area (Å²) in [6, 6.07) is 7.31. The van der Waals surface area contributed by atoms with Gasteiger partial charge >= 0.3 is 24.9 Å². The number of nitrogens with one attached hydrogen (secondary N) is 1. The molecule has 3 aromatic rings. The molecular weight excluding hydrogens is 739 g/mol. The quantitative estimate of drug-likeness (QED) is 0.0451. The van der Waals surface area contributed by atoms with Gasteiger partial charge in [-0.25, -0.2) is 18.6 Å². The maximum atomic E-state index is 14.7. The highest BCUT2D eigenvalue weighted by molar-refractivity contribution is 6.47. The second kappa shape index (κ2) is 15.9. The number of phenols is 2. The normalized spacial score (nSPS) is 16.6. The van der Waals surface area contributed by atoms with Crippen LogP contribution in [0, 0.1) is 11.6 Å². The van der Waals surface area contributed by atoms with Gasteiger partial charge in [0.1, 0.15) is 17.1 Å². The van der Waals surface area contributed by atoms with Crippen molar-refractivity contribution in [2.45, 2.75) is 24.9 Å². The molecule has 9 N–H and O–H groups in total. The minimum Gasteiger partial charge on any atom is -0.534 e. The number of piperazine rings is 1. The molecule has 17 nitrogen and oxygen atoms in total. The summed E-state index contributed by atoms with van der Waals surface area (Å²) in [4.78, 5) is 71.1. The Morgan fingerprint density at radius 1 is 1.07 bits per heavy atom. The first-order valence-corrected chi connectivity index (χ1v) is 16.5. The molecule has 1 saturated heterocycles. The number of carbonyl (C=O) groups excluding carboxylic acids is 4. The first kappa shape index (κ1) is 39.2. The van der Waals surface area contributed by atoms with Crippen molar-refractivity contribution >= 4 is 54.3 Å². The zero-order chi connectivity index (χ0) is 39.6. The van der Waals surface area contributed by atoms with Crippen LogP contribution in [0.5, 0.6) is 17.2 Å². The molecule has 4 amide bonds. The van der Waals surface area contributed by atoms with Crippen molar-refractivity contribution < 1.29 is 57.8 Å². The number of amides is 4. The van der Waals surface area contributed by atoms with Crippen LogP contribution in [0.4, 0.5) is 8.78 Å². The molecule has 284 valence electrons. The largest absolute Gasteiger partial charge is 0.547 e. The van der Waals surface area contributed by atoms with Gasteiger partial charge in [0.25, 0.3) is 0 Å². The van der Waals surface area contributed by atoms with Crippen molar-refractivity contribution in [1.29, 1.82) is 0 Å². The number of halogens is 3. The number of nitrogens with two attached hydrogens (primary N) is 2. The number of phenolic OH excluding ortho intramolecular Hbond substituents is 2. The lowest BCUT2D eigenvalue weighted by Gasteiger charge is -2.34. The van der Waals surface area contributed by atoms with Gasteiger partial charge in [-0.05, 0) is 48.9 Å². The van der Waals surface area contributed by atoms with Crippen molar-refractivity contribution in [1.82, 2.24) is 20.0 Å². The van der Waals surface area contributed by atoms with Crippen molar-refractivity contribution in [2.24, 2.45) is 16.5 Å². The van der Waals surface area contributed by atoms with Crippen molar-refractivity contribution in [3.63, 3.8) is 0 Å². The molecular formula is C33H33BClF2N7O10. The van der Waals surface area contributed by atoms with Crippen LogP contribution in [-0.4, -0.2) is 117 Å². The van der Waals surface area contributed by atoms with E-state index in [1.165, 1.54) is 11.0 Å². The van der Waals surface area contributed by atoms with E-state index in [9.17, 15) is 53.1 Å². The number of aromatic hydroxyl groups is 2. The number of nitrogens with zero attached hydrogens (tertiary/aromatic N) is 4. The van der Waals surface area contributed by atoms with Crippen LogP contribution in [0.15, 0.2) is 47.5 Å². The predicted molar refractivity (Wildman–Crippen MR) is 186 cm³/mol. The number of primary amides is 1. The van der Waals surface area contributed by atoms with Gasteiger partial charge in [0, 0.05) is 43.9 Å². The minimum absolute atomic E-state index is 0.00186. The highest BCUT2D eigenvalue weighted by Gasteiger charge is 2.41. The van der Waals surface area contributed by atoms with Crippen molar-refractivity contribution in [3.05, 3.63) is 86.9 Å². The van der Waals surface area contributed by atoms with Crippen LogP contribution in [0.1, 0.15) is 43.4 Å². The molecule has 54 heavy (non-hydrogen) atoms. The van der Waals surface area contributed by atoms with Gasteiger partial charge in [0.05, 0.1) is 11.0 Å². The molecule has 3 aromatic carbocycles. The summed E-state index contributed by atoms with van der Waals surface area (Å²) < 4.78 is 34.1. The van der Waals surface area contributed by atoms with E-state index >= 15 is 0 Å². The lowest BCUT2D eigenvalue weighted by atomic mass is 9.72. The highest BCUT2D eigenvalue weighted by atomic mass is 35.5. The van der Waals surface area contributed by atoms with Crippen LogP contribution in [-0.2, 0) is 27.3 Å². The van der Waals surface area contributed by atoms with E-state index in [1.54, 1.807) is 31.3 Å². The van der Waals surface area contributed by atoms with E-state index in [0.717, 1.165) is 16.5 Å². The monoisotopic (exact) mass is 771 g/mol. The predicted octanol–water partition coefficient (Wildman–Crippen LogP) is 0.125. The third kappa shape index (κ3) is 8.14. The van der Waals surface area contributed by atoms with Gasteiger partial charge in [-0.1, -0.05) is 29.8 Å². The van der Waals surface area contributed by atoms with Crippen LogP contribution < -0.4 is 21.4 Å². The zero-order valence-corrected chi connectivity index (χ0v) is 29.1. The van der Waals surface area contributed by atoms with Crippen molar-refractivity contribution in [2.75, 3.05) is 33.2 Å². The second-order valence-electron chi connectivity index (χ2n) is 12.4. The number of hydrogen-bond acceptors (Lipinski definition) is 11. The molecule has 1 fully saturated rings. The summed E-state index contributed by atoms with van der Waals surface area (Å²) in [6.45, 7) is 0.777. The Morgan fingerprint density at radius 2 is 1.76 bits per heavy atom. The summed E-state index contributed by atoms with van der Waals surface area (Å²) in [5.41, 5.74) is 11.4. The minimum atomic E-state index is -1.98. The number of carboxylic acid groups (broad SMARTS) is 1. The van der Waals surface area contributed by atoms with Crippen LogP contribution in [0.25, 0.3) is 0 Å². The van der Waals surface area contributed by atoms with Crippen LogP contribution >= 0.6 is 11.6 Å². The molecule has 2 atom stereocenters. The van der Waals surface area contributed by atoms with Gasteiger partial charge in [-0.2, -0.15) is 0 Å². The summed E-state index contributed by atoms with van der Waals surface area (Å²) in [7, 11) is -0.141. The summed E-state index contributed by atoms with van der Waals surface area (Å²) in [5, 5.41) is 41.9. The Hall–Kier alpha value is -5.99. The third-order valence-corrected chi connectivity index (χ3v) is 9.18. The average molecular weight is 772 g/mol. The van der Waals surface area contributed by atoms with Gasteiger partial charge in [-0.15, -0.1) is 0 Å². The molecule has 2 heterocycles. The Labute approximate surface area is 310 Å². The SMILES string of the molecule is CN(CCN1CCN(C(N)=N[C@@H](C(=O)N[C@H]2Cc3ccc(F)c(C(=O)O)c3OB2O)c2cc(F)c(O)c(O)c2Cl)C(=O)C1=O)Cc1ccc(C(N)=O)cc1. The Balaban J connectivity index is 1.33. The number of fused-ring (bicyclic) bond motifs is 1. The van der Waals surface area contributed by atoms with E-state index in [4.69, 9.17) is 27.7 Å². The molecule has 0 unspecified atom stereocenters. The van der Waals surface area contributed by atoms with E-state index in [1.807, 2.05) is 4.90 Å². The fourth-order valence-corrected chi connectivity index (χ4v) is 6.12. The molecule has 0 aromatic heterocycles. The topological polar surface area (TPSA) is 262 Å². The molecule has 0 spiro atoms. The number of aliphatic imine (C=N–C) groups is 1. The van der Waals surface area contributed by atoms with Crippen LogP contribution in [0.2, 0.25) is 5.02 Å². The lowest BCUT2D eigenvalue weighted by Crippen LogP contribution is -2.59. The smallest absolute Gasteiger partial charge is 0.534 e. The maximum absolute atomic E-state index is 14.7. The lowest BCUT2D eigenvalue weighted by molar-refractivity contribution is -0.153. The zero-order valence-electron chi connectivity index (χ0n) is 28.3. The molecule has 0 aliphatic carbocycles. The van der Waals surface area contributed by atoms with E-state index < -0.39 is 99.7 Å². The first-order chi connectivity index (χ1) is 25.5. The number of aromatic carboxylic acids is 1. The third-order valence-electron chi connectivity index (χ3n) is 8.78. The van der Waals surface area contributed by atoms with E-state index in [2.05, 4.69) is 10.3 Å². The molecule has 21 heteroatoms. The van der Waals surface area contributed by atoms with Crippen molar-refractivity contribution in [3.8, 4) is 17.2 Å². The fraction of sp³-hybridized carbons (Fsp3) is 0.273. The Kier molecular flexibility index (Phi) is 11.6. The Morgan fingerprint density at radius 3 is 2.41 bits per heavy atom. The van der Waals surface area contributed by atoms with Crippen LogP contribution in [0.3, 0.4) is 0 Å². The van der Waals surface area contributed by atoms with Gasteiger partial charge in [0.2, 0.25) is 11.8 Å². The number of rotatable bonds is 11. The molecule has 2 aliphatic heterocycles. The van der Waals surface area contributed by atoms with E-state index in [-0.39, 0.29) is 31.6 Å². The summed E-state index contributed by atoms with van der Waals surface area (Å²) in [6.07, 6.45) is -0.288. The number of benzene rings is 3. The summed E-state index contributed by atoms with van der Waals surface area (Å²) in [5.74, 6) is -12.8. The molecule has 0 bridgehead atoms. The maximum Gasteiger partial charge on any atom is 0.547 e. The van der Waals surface area contributed by atoms with Gasteiger partial charge in [0.15, 0.2) is 29.3 Å². The first-order valence-electron chi connectivity index (χ1n) is 16.1. The Bertz CT molecular complexity index is 2060. The molecule has 0 radical (unpaired) electrons. The number of guanidine groups is 1. The number of hydrogen-bond donors (Lipinski definition) is 7.